The van der Waals surface area contributed by atoms with Gasteiger partial charge in [-0.25, -0.2) is 14.2 Å². The van der Waals surface area contributed by atoms with E-state index in [2.05, 4.69) is 0 Å². The van der Waals surface area contributed by atoms with E-state index in [1.54, 1.807) is 11.1 Å². The summed E-state index contributed by atoms with van der Waals surface area (Å²) >= 11 is 0. The standard InChI is InChI=1S/C13H15FN2O4/c14-10-8-16(12(18)15-11(10)17)13(19)20-9-6-4-2-1-3-5-7-9/h4,6,8-9H,1-3,5,7H2,(H,15,17,18). The van der Waals surface area contributed by atoms with Gasteiger partial charge in [-0.2, -0.15) is 4.39 Å². The van der Waals surface area contributed by atoms with Gasteiger partial charge in [-0.05, 0) is 31.8 Å². The molecule has 1 N–H and O–H groups in total. The van der Waals surface area contributed by atoms with Gasteiger partial charge in [-0.15, -0.1) is 0 Å². The largest absolute Gasteiger partial charge is 0.441 e. The van der Waals surface area contributed by atoms with E-state index in [4.69, 9.17) is 4.74 Å². The summed E-state index contributed by atoms with van der Waals surface area (Å²) in [4.78, 5) is 35.8. The lowest BCUT2D eigenvalue weighted by atomic mass is 10.0. The zero-order valence-corrected chi connectivity index (χ0v) is 10.8. The van der Waals surface area contributed by atoms with Crippen LogP contribution >= 0.6 is 0 Å². The number of ether oxygens (including phenoxy) is 1. The molecular formula is C13H15FN2O4. The van der Waals surface area contributed by atoms with Crippen LogP contribution in [0, 0.1) is 5.82 Å². The fraction of sp³-hybridized carbons (Fsp3) is 0.462. The highest BCUT2D eigenvalue weighted by atomic mass is 19.1. The average molecular weight is 282 g/mol. The maximum absolute atomic E-state index is 13.1. The van der Waals surface area contributed by atoms with Crippen LogP contribution < -0.4 is 11.2 Å². The number of hydrogen-bond donors (Lipinski definition) is 1. The molecule has 0 saturated heterocycles. The van der Waals surface area contributed by atoms with E-state index in [-0.39, 0.29) is 0 Å². The quantitative estimate of drug-likeness (QED) is 0.792. The summed E-state index contributed by atoms with van der Waals surface area (Å²) in [5.41, 5.74) is -2.18. The maximum Gasteiger partial charge on any atom is 0.422 e. The normalized spacial score (nSPS) is 19.1. The van der Waals surface area contributed by atoms with E-state index in [1.807, 2.05) is 6.08 Å². The molecule has 1 atom stereocenters. The van der Waals surface area contributed by atoms with Crippen molar-refractivity contribution in [2.24, 2.45) is 0 Å². The van der Waals surface area contributed by atoms with Gasteiger partial charge in [-0.1, -0.05) is 12.5 Å². The van der Waals surface area contributed by atoms with Gasteiger partial charge < -0.3 is 4.74 Å². The van der Waals surface area contributed by atoms with Crippen molar-refractivity contribution >= 4 is 6.09 Å². The molecule has 1 aromatic heterocycles. The average Bonchev–Trinajstić information content (AvgIpc) is 2.36. The van der Waals surface area contributed by atoms with Crippen LogP contribution in [-0.4, -0.2) is 21.7 Å². The first-order valence-electron chi connectivity index (χ1n) is 6.47. The molecule has 0 aliphatic heterocycles. The van der Waals surface area contributed by atoms with Crippen LogP contribution in [0.4, 0.5) is 9.18 Å². The maximum atomic E-state index is 13.1. The molecule has 0 aromatic carbocycles. The van der Waals surface area contributed by atoms with Crippen LogP contribution in [0.5, 0.6) is 0 Å². The van der Waals surface area contributed by atoms with Gasteiger partial charge in [-0.3, -0.25) is 9.78 Å². The lowest BCUT2D eigenvalue weighted by Gasteiger charge is -2.16. The first-order chi connectivity index (χ1) is 9.58. The number of hydrogen-bond acceptors (Lipinski definition) is 4. The number of nitrogens with one attached hydrogen (secondary N) is 1. The van der Waals surface area contributed by atoms with Crippen LogP contribution in [0.25, 0.3) is 0 Å². The number of allylic oxidation sites excluding steroid dienone is 1. The van der Waals surface area contributed by atoms with E-state index >= 15 is 0 Å². The van der Waals surface area contributed by atoms with Crippen LogP contribution in [-0.2, 0) is 4.74 Å². The zero-order chi connectivity index (χ0) is 14.5. The van der Waals surface area contributed by atoms with Gasteiger partial charge in [0, 0.05) is 0 Å². The summed E-state index contributed by atoms with van der Waals surface area (Å²) < 4.78 is 18.6. The molecule has 0 saturated carbocycles. The third kappa shape index (κ3) is 3.43. The second kappa shape index (κ2) is 6.31. The number of nitrogens with zero attached hydrogens (tertiary/aromatic N) is 1. The topological polar surface area (TPSA) is 81.2 Å². The monoisotopic (exact) mass is 282 g/mol. The van der Waals surface area contributed by atoms with Crippen molar-refractivity contribution < 1.29 is 13.9 Å². The summed E-state index contributed by atoms with van der Waals surface area (Å²) in [6, 6.07) is 0. The molecule has 20 heavy (non-hydrogen) atoms. The molecule has 1 aliphatic rings. The molecule has 1 unspecified atom stereocenters. The Morgan fingerprint density at radius 3 is 2.95 bits per heavy atom. The molecule has 0 bridgehead atoms. The minimum Gasteiger partial charge on any atom is -0.441 e. The van der Waals surface area contributed by atoms with Crippen molar-refractivity contribution in [3.63, 3.8) is 0 Å². The van der Waals surface area contributed by atoms with Crippen LogP contribution in [0.15, 0.2) is 27.9 Å². The Balaban J connectivity index is 2.15. The molecule has 1 aliphatic carbocycles. The summed E-state index contributed by atoms with van der Waals surface area (Å²) in [6.07, 6.45) is 7.42. The highest BCUT2D eigenvalue weighted by Gasteiger charge is 2.17. The molecule has 0 fully saturated rings. The Kier molecular flexibility index (Phi) is 4.49. The molecule has 0 radical (unpaired) electrons. The Labute approximate surface area is 113 Å². The van der Waals surface area contributed by atoms with Gasteiger partial charge in [0.1, 0.15) is 6.10 Å². The van der Waals surface area contributed by atoms with E-state index in [9.17, 15) is 18.8 Å². The highest BCUT2D eigenvalue weighted by molar-refractivity contribution is 5.70. The molecular weight excluding hydrogens is 267 g/mol. The van der Waals surface area contributed by atoms with Crippen molar-refractivity contribution in [2.45, 2.75) is 38.2 Å². The molecule has 7 heteroatoms. The highest BCUT2D eigenvalue weighted by Crippen LogP contribution is 2.14. The predicted octanol–water partition coefficient (Wildman–Crippen LogP) is 1.55. The van der Waals surface area contributed by atoms with Gasteiger partial charge in [0.25, 0.3) is 5.56 Å². The molecule has 1 heterocycles. The van der Waals surface area contributed by atoms with E-state index in [0.29, 0.717) is 17.2 Å². The first kappa shape index (κ1) is 14.2. The van der Waals surface area contributed by atoms with Crippen LogP contribution in [0.3, 0.4) is 0 Å². The fourth-order valence-electron chi connectivity index (χ4n) is 2.00. The lowest BCUT2D eigenvalue weighted by Crippen LogP contribution is -2.36. The van der Waals surface area contributed by atoms with E-state index < -0.39 is 29.3 Å². The van der Waals surface area contributed by atoms with Crippen LogP contribution in [0.1, 0.15) is 32.1 Å². The van der Waals surface area contributed by atoms with E-state index in [0.717, 1.165) is 25.7 Å². The number of halogens is 1. The minimum atomic E-state index is -1.21. The first-order valence-corrected chi connectivity index (χ1v) is 6.47. The summed E-state index contributed by atoms with van der Waals surface area (Å²) in [7, 11) is 0. The predicted molar refractivity (Wildman–Crippen MR) is 69.2 cm³/mol. The minimum absolute atomic E-state index is 0.420. The smallest absolute Gasteiger partial charge is 0.422 e. The van der Waals surface area contributed by atoms with Crippen molar-refractivity contribution in [1.29, 1.82) is 0 Å². The molecule has 0 amide bonds. The second-order valence-corrected chi connectivity index (χ2v) is 4.59. The number of carbonyl (C=O) groups excluding carboxylic acids is 1. The summed E-state index contributed by atoms with van der Waals surface area (Å²) in [5, 5.41) is 0. The van der Waals surface area contributed by atoms with E-state index in [1.165, 1.54) is 0 Å². The Morgan fingerprint density at radius 1 is 1.35 bits per heavy atom. The third-order valence-electron chi connectivity index (χ3n) is 3.06. The molecule has 2 rings (SSSR count). The molecule has 108 valence electrons. The van der Waals surface area contributed by atoms with Gasteiger partial charge >= 0.3 is 11.8 Å². The Hall–Kier alpha value is -2.18. The Morgan fingerprint density at radius 2 is 2.15 bits per heavy atom. The molecule has 0 spiro atoms. The van der Waals surface area contributed by atoms with Crippen molar-refractivity contribution in [1.82, 2.24) is 9.55 Å². The van der Waals surface area contributed by atoms with Crippen molar-refractivity contribution in [3.05, 3.63) is 45.0 Å². The Bertz CT molecular complexity index is 632. The second-order valence-electron chi connectivity index (χ2n) is 4.59. The lowest BCUT2D eigenvalue weighted by molar-refractivity contribution is 0.113. The number of carbonyl (C=O) groups is 1. The van der Waals surface area contributed by atoms with Crippen LogP contribution in [0.2, 0.25) is 0 Å². The number of aromatic amines is 1. The summed E-state index contributed by atoms with van der Waals surface area (Å²) in [6.45, 7) is 0. The SMILES string of the molecule is O=C(OC1C=CCCCCC1)n1cc(F)c(=O)[nH]c1=O. The van der Waals surface area contributed by atoms with Gasteiger partial charge in [0.05, 0.1) is 6.20 Å². The third-order valence-corrected chi connectivity index (χ3v) is 3.06. The van der Waals surface area contributed by atoms with Gasteiger partial charge in [0.2, 0.25) is 5.82 Å². The fourth-order valence-corrected chi connectivity index (χ4v) is 2.00. The number of aromatic nitrogens is 2. The van der Waals surface area contributed by atoms with Crippen molar-refractivity contribution in [3.8, 4) is 0 Å². The zero-order valence-electron chi connectivity index (χ0n) is 10.8. The number of H-pyrrole nitrogens is 1. The number of rotatable bonds is 1. The molecule has 1 aromatic rings. The van der Waals surface area contributed by atoms with Crippen molar-refractivity contribution in [2.75, 3.05) is 0 Å². The van der Waals surface area contributed by atoms with Gasteiger partial charge in [0.15, 0.2) is 0 Å². The summed E-state index contributed by atoms with van der Waals surface area (Å²) in [5.74, 6) is -1.21. The molecule has 6 nitrogen and oxygen atoms in total.